The summed E-state index contributed by atoms with van der Waals surface area (Å²) in [4.78, 5) is 29.1. The molecule has 4 rings (SSSR count). The summed E-state index contributed by atoms with van der Waals surface area (Å²) < 4.78 is 39.6. The molecule has 0 unspecified atom stereocenters. The maximum Gasteiger partial charge on any atom is 0.256 e. The molecule has 0 atom stereocenters. The maximum atomic E-state index is 14.1. The zero-order chi connectivity index (χ0) is 22.0. The Hall–Kier alpha value is -3.14. The van der Waals surface area contributed by atoms with Gasteiger partial charge in [-0.15, -0.1) is 0 Å². The molecule has 1 aliphatic rings. The van der Waals surface area contributed by atoms with Crippen molar-refractivity contribution in [1.29, 1.82) is 0 Å². The van der Waals surface area contributed by atoms with Crippen molar-refractivity contribution < 1.29 is 18.0 Å². The summed E-state index contributed by atoms with van der Waals surface area (Å²) in [7, 11) is 0. The van der Waals surface area contributed by atoms with E-state index < -0.39 is 24.7 Å². The number of aromatic nitrogens is 3. The average Bonchev–Trinajstić information content (AvgIpc) is 2.76. The number of pyridine rings is 1. The topological polar surface area (TPSA) is 74.2 Å². The highest BCUT2D eigenvalue weighted by molar-refractivity contribution is 6.30. The number of hydrogen-bond acceptors (Lipinski definition) is 6. The number of amides is 1. The van der Waals surface area contributed by atoms with Crippen LogP contribution < -0.4 is 10.2 Å². The molecule has 162 valence electrons. The smallest absolute Gasteiger partial charge is 0.256 e. The third-order valence-corrected chi connectivity index (χ3v) is 5.14. The summed E-state index contributed by atoms with van der Waals surface area (Å²) in [6, 6.07) is 5.58. The van der Waals surface area contributed by atoms with Crippen LogP contribution in [-0.2, 0) is 0 Å². The average molecular weight is 451 g/mol. The molecular weight excluding hydrogens is 433 g/mol. The van der Waals surface area contributed by atoms with Gasteiger partial charge in [-0.1, -0.05) is 11.6 Å². The fourth-order valence-electron chi connectivity index (χ4n) is 3.36. The molecule has 0 spiro atoms. The lowest BCUT2D eigenvalue weighted by atomic mass is 10.1. The molecule has 0 aliphatic carbocycles. The van der Waals surface area contributed by atoms with Crippen molar-refractivity contribution in [3.8, 4) is 0 Å². The van der Waals surface area contributed by atoms with Gasteiger partial charge >= 0.3 is 0 Å². The highest BCUT2D eigenvalue weighted by Crippen LogP contribution is 2.26. The van der Waals surface area contributed by atoms with Gasteiger partial charge in [-0.05, 0) is 24.3 Å². The SMILES string of the molecule is O=C(c1ccc(Cl)cc1F)N1CCN(c2nc3cnccc3nc2NCC(F)F)CC1. The van der Waals surface area contributed by atoms with Crippen LogP contribution in [0.1, 0.15) is 10.4 Å². The minimum absolute atomic E-state index is 0.0475. The molecule has 1 saturated heterocycles. The molecule has 1 amide bonds. The number of alkyl halides is 2. The number of carbonyl (C=O) groups excluding carboxylic acids is 1. The number of nitrogens with zero attached hydrogens (tertiary/aromatic N) is 5. The Bertz CT molecular complexity index is 1110. The number of fused-ring (bicyclic) bond motifs is 1. The molecule has 1 aromatic carbocycles. The number of rotatable bonds is 5. The minimum Gasteiger partial charge on any atom is -0.361 e. The second-order valence-electron chi connectivity index (χ2n) is 6.94. The number of anilines is 2. The molecule has 1 N–H and O–H groups in total. The summed E-state index contributed by atoms with van der Waals surface area (Å²) >= 11 is 5.75. The fraction of sp³-hybridized carbons (Fsp3) is 0.300. The molecule has 3 heterocycles. The first-order valence-electron chi connectivity index (χ1n) is 9.55. The van der Waals surface area contributed by atoms with Gasteiger partial charge in [-0.25, -0.2) is 23.1 Å². The minimum atomic E-state index is -2.55. The van der Waals surface area contributed by atoms with Crippen LogP contribution in [0, 0.1) is 5.82 Å². The number of halogens is 4. The number of piperazine rings is 1. The standard InChI is InChI=1S/C20H18ClF3N6O/c21-12-1-2-13(14(22)9-12)20(31)30-7-5-29(6-8-30)19-18(26-11-17(23)24)27-15-3-4-25-10-16(15)28-19/h1-4,9-10,17H,5-8,11H2,(H,26,27). The maximum absolute atomic E-state index is 14.1. The monoisotopic (exact) mass is 450 g/mol. The quantitative estimate of drug-likeness (QED) is 0.641. The van der Waals surface area contributed by atoms with Crippen molar-refractivity contribution in [2.24, 2.45) is 0 Å². The van der Waals surface area contributed by atoms with Crippen molar-refractivity contribution in [3.63, 3.8) is 0 Å². The van der Waals surface area contributed by atoms with E-state index in [1.807, 2.05) is 4.90 Å². The Balaban J connectivity index is 1.53. The van der Waals surface area contributed by atoms with Crippen LogP contribution in [0.4, 0.5) is 24.8 Å². The van der Waals surface area contributed by atoms with Crippen LogP contribution in [0.3, 0.4) is 0 Å². The molecule has 0 bridgehead atoms. The van der Waals surface area contributed by atoms with E-state index in [1.54, 1.807) is 18.5 Å². The normalized spacial score (nSPS) is 14.4. The molecule has 1 fully saturated rings. The van der Waals surface area contributed by atoms with Crippen molar-refractivity contribution in [2.75, 3.05) is 42.9 Å². The van der Waals surface area contributed by atoms with Gasteiger partial charge in [-0.2, -0.15) is 0 Å². The number of nitrogens with one attached hydrogen (secondary N) is 1. The summed E-state index contributed by atoms with van der Waals surface area (Å²) in [5, 5.41) is 2.86. The first-order chi connectivity index (χ1) is 14.9. The van der Waals surface area contributed by atoms with E-state index in [1.165, 1.54) is 17.0 Å². The number of carbonyl (C=O) groups is 1. The van der Waals surface area contributed by atoms with Crippen LogP contribution in [0.5, 0.6) is 0 Å². The summed E-state index contributed by atoms with van der Waals surface area (Å²) in [5.74, 6) is -0.460. The van der Waals surface area contributed by atoms with Gasteiger partial charge in [0, 0.05) is 37.4 Å². The van der Waals surface area contributed by atoms with E-state index in [-0.39, 0.29) is 16.4 Å². The molecule has 0 radical (unpaired) electrons. The molecule has 1 aliphatic heterocycles. The van der Waals surface area contributed by atoms with Gasteiger partial charge in [0.05, 0.1) is 23.8 Å². The van der Waals surface area contributed by atoms with Crippen molar-refractivity contribution >= 4 is 40.2 Å². The van der Waals surface area contributed by atoms with Crippen LogP contribution in [0.15, 0.2) is 36.7 Å². The van der Waals surface area contributed by atoms with Crippen molar-refractivity contribution in [1.82, 2.24) is 19.9 Å². The first kappa shape index (κ1) is 21.1. The molecule has 11 heteroatoms. The predicted octanol–water partition coefficient (Wildman–Crippen LogP) is 3.46. The summed E-state index contributed by atoms with van der Waals surface area (Å²) in [6.45, 7) is 0.811. The highest BCUT2D eigenvalue weighted by atomic mass is 35.5. The number of hydrogen-bond donors (Lipinski definition) is 1. The van der Waals surface area contributed by atoms with Gasteiger partial charge in [0.2, 0.25) is 0 Å². The Morgan fingerprint density at radius 1 is 1.13 bits per heavy atom. The lowest BCUT2D eigenvalue weighted by molar-refractivity contribution is 0.0742. The molecular formula is C20H18ClF3N6O. The zero-order valence-electron chi connectivity index (χ0n) is 16.2. The first-order valence-corrected chi connectivity index (χ1v) is 9.93. The number of benzene rings is 1. The van der Waals surface area contributed by atoms with E-state index in [2.05, 4.69) is 20.3 Å². The molecule has 0 saturated carbocycles. The van der Waals surface area contributed by atoms with Gasteiger partial charge in [-0.3, -0.25) is 9.78 Å². The van der Waals surface area contributed by atoms with Crippen molar-refractivity contribution in [3.05, 3.63) is 53.1 Å². The molecule has 31 heavy (non-hydrogen) atoms. The van der Waals surface area contributed by atoms with E-state index in [0.717, 1.165) is 6.07 Å². The molecule has 2 aromatic heterocycles. The van der Waals surface area contributed by atoms with Crippen LogP contribution in [0.25, 0.3) is 11.0 Å². The Morgan fingerprint density at radius 3 is 2.61 bits per heavy atom. The van der Waals surface area contributed by atoms with Crippen LogP contribution in [0.2, 0.25) is 5.02 Å². The second-order valence-corrected chi connectivity index (χ2v) is 7.37. The van der Waals surface area contributed by atoms with Crippen LogP contribution >= 0.6 is 11.6 Å². The highest BCUT2D eigenvalue weighted by Gasteiger charge is 2.26. The lowest BCUT2D eigenvalue weighted by Gasteiger charge is -2.36. The van der Waals surface area contributed by atoms with E-state index >= 15 is 0 Å². The van der Waals surface area contributed by atoms with E-state index in [0.29, 0.717) is 43.0 Å². The van der Waals surface area contributed by atoms with Gasteiger partial charge in [0.15, 0.2) is 11.6 Å². The van der Waals surface area contributed by atoms with Crippen molar-refractivity contribution in [2.45, 2.75) is 6.43 Å². The summed E-state index contributed by atoms with van der Waals surface area (Å²) in [6.07, 6.45) is 0.547. The largest absolute Gasteiger partial charge is 0.361 e. The van der Waals surface area contributed by atoms with Crippen LogP contribution in [-0.4, -0.2) is 64.9 Å². The Kier molecular flexibility index (Phi) is 6.08. The van der Waals surface area contributed by atoms with Gasteiger partial charge < -0.3 is 15.1 Å². The Morgan fingerprint density at radius 2 is 1.90 bits per heavy atom. The van der Waals surface area contributed by atoms with Gasteiger partial charge in [0.25, 0.3) is 12.3 Å². The predicted molar refractivity (Wildman–Crippen MR) is 111 cm³/mol. The second kappa shape index (κ2) is 8.93. The molecule has 7 nitrogen and oxygen atoms in total. The van der Waals surface area contributed by atoms with Gasteiger partial charge in [0.1, 0.15) is 11.3 Å². The van der Waals surface area contributed by atoms with E-state index in [9.17, 15) is 18.0 Å². The Labute approximate surface area is 180 Å². The molecule has 3 aromatic rings. The summed E-state index contributed by atoms with van der Waals surface area (Å²) in [5.41, 5.74) is 1.01. The lowest BCUT2D eigenvalue weighted by Crippen LogP contribution is -2.49. The fourth-order valence-corrected chi connectivity index (χ4v) is 3.52. The zero-order valence-corrected chi connectivity index (χ0v) is 17.0. The van der Waals surface area contributed by atoms with E-state index in [4.69, 9.17) is 11.6 Å². The third kappa shape index (κ3) is 4.63. The third-order valence-electron chi connectivity index (χ3n) is 4.90.